The number of nitrogens with zero attached hydrogens (tertiary/aromatic N) is 3. The van der Waals surface area contributed by atoms with Crippen molar-refractivity contribution < 1.29 is 9.63 Å². The van der Waals surface area contributed by atoms with Crippen molar-refractivity contribution in [3.8, 4) is 11.4 Å². The molecule has 2 aromatic carbocycles. The molecule has 0 amide bonds. The third kappa shape index (κ3) is 3.62. The normalized spacial score (nSPS) is 13.2. The number of hydrogen-bond acceptors (Lipinski definition) is 4. The van der Waals surface area contributed by atoms with Crippen LogP contribution in [0.25, 0.3) is 16.2 Å². The highest BCUT2D eigenvalue weighted by atomic mass is 35.5. The van der Waals surface area contributed by atoms with Crippen molar-refractivity contribution in [2.45, 2.75) is 32.3 Å². The van der Waals surface area contributed by atoms with Gasteiger partial charge in [-0.25, -0.2) is 4.85 Å². The molecule has 1 aromatic heterocycles. The summed E-state index contributed by atoms with van der Waals surface area (Å²) in [7, 11) is 0. The summed E-state index contributed by atoms with van der Waals surface area (Å²) in [6.45, 7) is 10.7. The summed E-state index contributed by atoms with van der Waals surface area (Å²) in [4.78, 5) is 7.87. The summed E-state index contributed by atoms with van der Waals surface area (Å²) in [6.07, 6.45) is -0.199. The van der Waals surface area contributed by atoms with Crippen molar-refractivity contribution in [2.75, 3.05) is 0 Å². The number of benzene rings is 2. The lowest BCUT2D eigenvalue weighted by atomic mass is 9.92. The Labute approximate surface area is 157 Å². The summed E-state index contributed by atoms with van der Waals surface area (Å²) in [5, 5.41) is 14.7. The fourth-order valence-electron chi connectivity index (χ4n) is 2.81. The van der Waals surface area contributed by atoms with E-state index in [1.165, 1.54) is 0 Å². The predicted molar refractivity (Wildman–Crippen MR) is 100 cm³/mol. The minimum atomic E-state index is -0.683. The van der Waals surface area contributed by atoms with Crippen molar-refractivity contribution >= 4 is 17.3 Å². The van der Waals surface area contributed by atoms with Gasteiger partial charge in [0.1, 0.15) is 0 Å². The summed E-state index contributed by atoms with van der Waals surface area (Å²) < 4.78 is 5.43. The molecule has 0 aliphatic rings. The Morgan fingerprint density at radius 1 is 1.23 bits per heavy atom. The fraction of sp³-hybridized carbons (Fsp3) is 0.250. The average Bonchev–Trinajstić information content (AvgIpc) is 3.13. The molecule has 0 saturated heterocycles. The van der Waals surface area contributed by atoms with Gasteiger partial charge in [-0.05, 0) is 31.4 Å². The van der Waals surface area contributed by atoms with Gasteiger partial charge in [-0.15, -0.1) is 0 Å². The zero-order valence-electron chi connectivity index (χ0n) is 14.5. The number of aliphatic hydroxyl groups excluding tert-OH is 1. The minimum absolute atomic E-state index is 0.367. The Bertz CT molecular complexity index is 945. The van der Waals surface area contributed by atoms with Gasteiger partial charge in [-0.2, -0.15) is 4.98 Å². The molecule has 0 saturated carbocycles. The van der Waals surface area contributed by atoms with Crippen molar-refractivity contribution in [2.24, 2.45) is 0 Å². The summed E-state index contributed by atoms with van der Waals surface area (Å²) >= 11 is 6.26. The van der Waals surface area contributed by atoms with Crippen molar-refractivity contribution in [3.05, 3.63) is 75.9 Å². The molecule has 0 unspecified atom stereocenters. The van der Waals surface area contributed by atoms with Gasteiger partial charge in [0.05, 0.1) is 23.6 Å². The van der Waals surface area contributed by atoms with Crippen LogP contribution in [0, 0.1) is 13.5 Å². The maximum absolute atomic E-state index is 10.3. The van der Waals surface area contributed by atoms with Gasteiger partial charge in [0.15, 0.2) is 0 Å². The first-order chi connectivity index (χ1) is 12.5. The van der Waals surface area contributed by atoms with Crippen LogP contribution in [0.1, 0.15) is 29.9 Å². The van der Waals surface area contributed by atoms with E-state index in [1.54, 1.807) is 13.0 Å². The quantitative estimate of drug-likeness (QED) is 0.647. The number of halogens is 1. The highest BCUT2D eigenvalue weighted by Gasteiger charge is 2.26. The number of rotatable bonds is 5. The van der Waals surface area contributed by atoms with E-state index in [0.717, 1.165) is 16.7 Å². The Balaban J connectivity index is 1.91. The van der Waals surface area contributed by atoms with E-state index >= 15 is 0 Å². The third-order valence-corrected chi connectivity index (χ3v) is 4.89. The van der Waals surface area contributed by atoms with Crippen LogP contribution in [0.2, 0.25) is 5.02 Å². The molecule has 0 spiro atoms. The van der Waals surface area contributed by atoms with E-state index in [4.69, 9.17) is 22.7 Å². The van der Waals surface area contributed by atoms with Gasteiger partial charge in [0.25, 0.3) is 0 Å². The van der Waals surface area contributed by atoms with Crippen molar-refractivity contribution in [3.63, 3.8) is 0 Å². The van der Waals surface area contributed by atoms with E-state index in [0.29, 0.717) is 28.8 Å². The topological polar surface area (TPSA) is 63.5 Å². The van der Waals surface area contributed by atoms with Crippen LogP contribution in [-0.4, -0.2) is 21.4 Å². The van der Waals surface area contributed by atoms with Gasteiger partial charge in [-0.3, -0.25) is 0 Å². The van der Waals surface area contributed by atoms with E-state index in [1.807, 2.05) is 43.3 Å². The molecule has 3 aromatic rings. The molecular weight excluding hydrogens is 350 g/mol. The Morgan fingerprint density at radius 3 is 2.62 bits per heavy atom. The lowest BCUT2D eigenvalue weighted by Gasteiger charge is -2.18. The molecule has 3 rings (SSSR count). The number of hydrogen-bond donors (Lipinski definition) is 1. The van der Waals surface area contributed by atoms with Crippen molar-refractivity contribution in [1.29, 1.82) is 0 Å². The SMILES string of the molecule is [C-]#[N+]c1ccc(C[C@@H](c2nc(-c3ccccc3)no2)[C@@H](C)O)c(C)c1Cl. The van der Waals surface area contributed by atoms with Gasteiger partial charge < -0.3 is 9.63 Å². The predicted octanol–water partition coefficient (Wildman–Crippen LogP) is 4.96. The van der Waals surface area contributed by atoms with E-state index < -0.39 is 6.10 Å². The largest absolute Gasteiger partial charge is 0.393 e. The first kappa shape index (κ1) is 18.1. The first-order valence-electron chi connectivity index (χ1n) is 8.23. The molecule has 6 heteroatoms. The molecule has 1 heterocycles. The Morgan fingerprint density at radius 2 is 1.96 bits per heavy atom. The molecule has 2 atom stereocenters. The fourth-order valence-corrected chi connectivity index (χ4v) is 3.04. The van der Waals surface area contributed by atoms with Crippen molar-refractivity contribution in [1.82, 2.24) is 10.1 Å². The molecule has 1 N–H and O–H groups in total. The lowest BCUT2D eigenvalue weighted by Crippen LogP contribution is -2.18. The van der Waals surface area contributed by atoms with E-state index in [9.17, 15) is 5.11 Å². The highest BCUT2D eigenvalue weighted by Crippen LogP contribution is 2.34. The zero-order valence-corrected chi connectivity index (χ0v) is 15.2. The lowest BCUT2D eigenvalue weighted by molar-refractivity contribution is 0.143. The molecule has 0 radical (unpaired) electrons. The van der Waals surface area contributed by atoms with Gasteiger partial charge >= 0.3 is 0 Å². The van der Waals surface area contributed by atoms with Crippen LogP contribution in [0.5, 0.6) is 0 Å². The summed E-state index contributed by atoms with van der Waals surface area (Å²) in [5.41, 5.74) is 3.04. The molecular formula is C20H18ClN3O2. The van der Waals surface area contributed by atoms with Gasteiger partial charge in [0.2, 0.25) is 17.4 Å². The van der Waals surface area contributed by atoms with Crippen LogP contribution in [0.3, 0.4) is 0 Å². The first-order valence-corrected chi connectivity index (χ1v) is 8.61. The standard InChI is InChI=1S/C20H18ClN3O2/c1-12-15(9-10-17(22-3)18(12)21)11-16(13(2)25)20-23-19(24-26-20)14-7-5-4-6-8-14/h4-10,13,16,25H,11H2,1-2H3/t13-,16-/m1/s1. The molecule has 132 valence electrons. The van der Waals surface area contributed by atoms with Crippen LogP contribution < -0.4 is 0 Å². The average molecular weight is 368 g/mol. The van der Waals surface area contributed by atoms with E-state index in [2.05, 4.69) is 15.0 Å². The number of aliphatic hydroxyl groups is 1. The van der Waals surface area contributed by atoms with Crippen LogP contribution in [0.4, 0.5) is 5.69 Å². The molecule has 0 fully saturated rings. The van der Waals surface area contributed by atoms with Gasteiger partial charge in [0, 0.05) is 5.56 Å². The van der Waals surface area contributed by atoms with Crippen LogP contribution in [-0.2, 0) is 6.42 Å². The molecule has 5 nitrogen and oxygen atoms in total. The minimum Gasteiger partial charge on any atom is -0.393 e. The molecule has 0 aliphatic heterocycles. The Kier molecular flexibility index (Phi) is 5.36. The molecule has 0 aliphatic carbocycles. The van der Waals surface area contributed by atoms with E-state index in [-0.39, 0.29) is 5.92 Å². The number of aromatic nitrogens is 2. The van der Waals surface area contributed by atoms with Crippen LogP contribution in [0.15, 0.2) is 47.0 Å². The highest BCUT2D eigenvalue weighted by molar-refractivity contribution is 6.34. The maximum Gasteiger partial charge on any atom is 0.233 e. The third-order valence-electron chi connectivity index (χ3n) is 4.41. The second-order valence-electron chi connectivity index (χ2n) is 6.17. The second kappa shape index (κ2) is 7.69. The molecule has 0 bridgehead atoms. The summed E-state index contributed by atoms with van der Waals surface area (Å²) in [6, 6.07) is 13.1. The maximum atomic E-state index is 10.3. The summed E-state index contributed by atoms with van der Waals surface area (Å²) in [5.74, 6) is 0.501. The monoisotopic (exact) mass is 367 g/mol. The Hall–Kier alpha value is -2.68. The zero-order chi connectivity index (χ0) is 18.7. The smallest absolute Gasteiger partial charge is 0.233 e. The van der Waals surface area contributed by atoms with Gasteiger partial charge in [-0.1, -0.05) is 59.2 Å². The van der Waals surface area contributed by atoms with Crippen LogP contribution >= 0.6 is 11.6 Å². The second-order valence-corrected chi connectivity index (χ2v) is 6.55. The molecule has 26 heavy (non-hydrogen) atoms.